The number of aromatic nitrogens is 1. The molecule has 1 aliphatic carbocycles. The van der Waals surface area contributed by atoms with E-state index in [1.54, 1.807) is 6.20 Å². The van der Waals surface area contributed by atoms with Crippen LogP contribution in [0.25, 0.3) is 0 Å². The fourth-order valence-electron chi connectivity index (χ4n) is 2.84. The standard InChI is InChI=1S/C15H24N4O/c1-17-14-10-13(7-9-18-14)19-15(20)12-4-2-11(3-5-12)6-8-16/h7,9-12H,2-6,8,16H2,1H3,(H2,17,18,19,20)/t11-,12-. The zero-order valence-corrected chi connectivity index (χ0v) is 12.1. The number of hydrogen-bond donors (Lipinski definition) is 3. The van der Waals surface area contributed by atoms with E-state index in [0.717, 1.165) is 50.2 Å². The van der Waals surface area contributed by atoms with Crippen LogP contribution >= 0.6 is 0 Å². The van der Waals surface area contributed by atoms with Crippen LogP contribution in [0.3, 0.4) is 0 Å². The van der Waals surface area contributed by atoms with Gasteiger partial charge in [0.25, 0.3) is 0 Å². The number of rotatable bonds is 5. The van der Waals surface area contributed by atoms with Crippen molar-refractivity contribution >= 4 is 17.4 Å². The highest BCUT2D eigenvalue weighted by atomic mass is 16.1. The molecule has 0 unspecified atom stereocenters. The Morgan fingerprint density at radius 1 is 1.40 bits per heavy atom. The molecule has 1 saturated carbocycles. The average molecular weight is 276 g/mol. The number of hydrogen-bond acceptors (Lipinski definition) is 4. The number of nitrogens with two attached hydrogens (primary N) is 1. The minimum atomic E-state index is 0.129. The molecule has 0 aliphatic heterocycles. The van der Waals surface area contributed by atoms with Gasteiger partial charge in [-0.05, 0) is 50.6 Å². The van der Waals surface area contributed by atoms with E-state index in [-0.39, 0.29) is 11.8 Å². The molecular formula is C15H24N4O. The van der Waals surface area contributed by atoms with Crippen molar-refractivity contribution in [3.63, 3.8) is 0 Å². The molecule has 1 aliphatic rings. The van der Waals surface area contributed by atoms with E-state index in [1.807, 2.05) is 19.2 Å². The average Bonchev–Trinajstić information content (AvgIpc) is 2.48. The largest absolute Gasteiger partial charge is 0.373 e. The monoisotopic (exact) mass is 276 g/mol. The lowest BCUT2D eigenvalue weighted by molar-refractivity contribution is -0.121. The van der Waals surface area contributed by atoms with Gasteiger partial charge in [-0.2, -0.15) is 0 Å². The Morgan fingerprint density at radius 3 is 2.80 bits per heavy atom. The summed E-state index contributed by atoms with van der Waals surface area (Å²) in [6.45, 7) is 0.755. The Hall–Kier alpha value is -1.62. The summed E-state index contributed by atoms with van der Waals surface area (Å²) in [5.74, 6) is 1.73. The van der Waals surface area contributed by atoms with Crippen LogP contribution in [0.1, 0.15) is 32.1 Å². The fourth-order valence-corrected chi connectivity index (χ4v) is 2.84. The molecule has 0 atom stereocenters. The van der Waals surface area contributed by atoms with E-state index >= 15 is 0 Å². The van der Waals surface area contributed by atoms with E-state index in [1.165, 1.54) is 0 Å². The Labute approximate surface area is 120 Å². The maximum atomic E-state index is 12.3. The highest BCUT2D eigenvalue weighted by Crippen LogP contribution is 2.31. The SMILES string of the molecule is CNc1cc(NC(=O)[C@H]2CC[C@H](CCN)CC2)ccn1. The van der Waals surface area contributed by atoms with Crippen LogP contribution in [0, 0.1) is 11.8 Å². The van der Waals surface area contributed by atoms with Crippen molar-refractivity contribution in [1.29, 1.82) is 0 Å². The first-order valence-corrected chi connectivity index (χ1v) is 7.37. The molecule has 0 saturated heterocycles. The Balaban J connectivity index is 1.86. The molecule has 0 aromatic carbocycles. The second-order valence-electron chi connectivity index (χ2n) is 5.46. The summed E-state index contributed by atoms with van der Waals surface area (Å²) in [5.41, 5.74) is 6.40. The predicted octanol–water partition coefficient (Wildman–Crippen LogP) is 2.22. The van der Waals surface area contributed by atoms with Crippen molar-refractivity contribution in [1.82, 2.24) is 4.98 Å². The van der Waals surface area contributed by atoms with Gasteiger partial charge in [-0.15, -0.1) is 0 Å². The summed E-state index contributed by atoms with van der Waals surface area (Å²) in [5, 5.41) is 5.96. The van der Waals surface area contributed by atoms with Gasteiger partial charge in [0.05, 0.1) is 0 Å². The summed E-state index contributed by atoms with van der Waals surface area (Å²) in [6, 6.07) is 3.66. The zero-order chi connectivity index (χ0) is 14.4. The van der Waals surface area contributed by atoms with Gasteiger partial charge in [0, 0.05) is 30.9 Å². The first kappa shape index (κ1) is 14.8. The highest BCUT2D eigenvalue weighted by Gasteiger charge is 2.25. The maximum Gasteiger partial charge on any atom is 0.227 e. The highest BCUT2D eigenvalue weighted by molar-refractivity contribution is 5.92. The lowest BCUT2D eigenvalue weighted by atomic mass is 9.80. The van der Waals surface area contributed by atoms with Crippen molar-refractivity contribution in [3.05, 3.63) is 18.3 Å². The van der Waals surface area contributed by atoms with E-state index in [0.29, 0.717) is 5.92 Å². The van der Waals surface area contributed by atoms with Gasteiger partial charge in [0.15, 0.2) is 0 Å². The molecule has 1 amide bonds. The van der Waals surface area contributed by atoms with Crippen LogP contribution in [0.5, 0.6) is 0 Å². The molecule has 2 rings (SSSR count). The molecule has 1 aromatic heterocycles. The smallest absolute Gasteiger partial charge is 0.227 e. The molecule has 110 valence electrons. The molecule has 4 N–H and O–H groups in total. The number of nitrogens with one attached hydrogen (secondary N) is 2. The molecule has 5 nitrogen and oxygen atoms in total. The first-order chi connectivity index (χ1) is 9.72. The van der Waals surface area contributed by atoms with Crippen molar-refractivity contribution in [2.45, 2.75) is 32.1 Å². The van der Waals surface area contributed by atoms with Gasteiger partial charge >= 0.3 is 0 Å². The molecule has 0 radical (unpaired) electrons. The Morgan fingerprint density at radius 2 is 2.15 bits per heavy atom. The lowest BCUT2D eigenvalue weighted by Crippen LogP contribution is -2.27. The molecule has 5 heteroatoms. The van der Waals surface area contributed by atoms with Crippen LogP contribution in [-0.2, 0) is 4.79 Å². The minimum absolute atomic E-state index is 0.129. The molecule has 0 spiro atoms. The number of amides is 1. The van der Waals surface area contributed by atoms with E-state index in [9.17, 15) is 4.79 Å². The van der Waals surface area contributed by atoms with Gasteiger partial charge < -0.3 is 16.4 Å². The normalized spacial score (nSPS) is 22.3. The van der Waals surface area contributed by atoms with Gasteiger partial charge in [-0.3, -0.25) is 4.79 Å². The summed E-state index contributed by atoms with van der Waals surface area (Å²) in [4.78, 5) is 16.4. The number of carbonyl (C=O) groups excluding carboxylic acids is 1. The van der Waals surface area contributed by atoms with Gasteiger partial charge in [-0.1, -0.05) is 0 Å². The molecule has 20 heavy (non-hydrogen) atoms. The van der Waals surface area contributed by atoms with Crippen LogP contribution in [-0.4, -0.2) is 24.5 Å². The van der Waals surface area contributed by atoms with Crippen molar-refractivity contribution in [3.8, 4) is 0 Å². The Bertz CT molecular complexity index is 441. The minimum Gasteiger partial charge on any atom is -0.373 e. The number of anilines is 2. The van der Waals surface area contributed by atoms with E-state index in [4.69, 9.17) is 5.73 Å². The number of carbonyl (C=O) groups is 1. The third-order valence-corrected chi connectivity index (χ3v) is 4.08. The summed E-state index contributed by atoms with van der Waals surface area (Å²) in [7, 11) is 1.81. The van der Waals surface area contributed by atoms with Gasteiger partial charge in [0.1, 0.15) is 5.82 Å². The summed E-state index contributed by atoms with van der Waals surface area (Å²) in [6.07, 6.45) is 6.96. The fraction of sp³-hybridized carbons (Fsp3) is 0.600. The third-order valence-electron chi connectivity index (χ3n) is 4.08. The van der Waals surface area contributed by atoms with Gasteiger partial charge in [-0.25, -0.2) is 4.98 Å². The first-order valence-electron chi connectivity index (χ1n) is 7.37. The predicted molar refractivity (Wildman–Crippen MR) is 81.5 cm³/mol. The van der Waals surface area contributed by atoms with Gasteiger partial charge in [0.2, 0.25) is 5.91 Å². The maximum absolute atomic E-state index is 12.3. The lowest BCUT2D eigenvalue weighted by Gasteiger charge is -2.27. The van der Waals surface area contributed by atoms with Crippen LogP contribution in [0.4, 0.5) is 11.5 Å². The molecular weight excluding hydrogens is 252 g/mol. The second-order valence-corrected chi connectivity index (χ2v) is 5.46. The second kappa shape index (κ2) is 7.24. The topological polar surface area (TPSA) is 80.0 Å². The molecule has 0 bridgehead atoms. The van der Waals surface area contributed by atoms with Crippen LogP contribution in [0.2, 0.25) is 0 Å². The summed E-state index contributed by atoms with van der Waals surface area (Å²) < 4.78 is 0. The van der Waals surface area contributed by atoms with Crippen LogP contribution < -0.4 is 16.4 Å². The van der Waals surface area contributed by atoms with E-state index in [2.05, 4.69) is 15.6 Å². The number of pyridine rings is 1. The van der Waals surface area contributed by atoms with Crippen molar-refractivity contribution in [2.75, 3.05) is 24.2 Å². The number of nitrogens with zero attached hydrogens (tertiary/aromatic N) is 1. The van der Waals surface area contributed by atoms with Crippen molar-refractivity contribution in [2.24, 2.45) is 17.6 Å². The molecule has 1 heterocycles. The summed E-state index contributed by atoms with van der Waals surface area (Å²) >= 11 is 0. The third kappa shape index (κ3) is 3.93. The quantitative estimate of drug-likeness (QED) is 0.770. The Kier molecular flexibility index (Phi) is 5.35. The molecule has 1 fully saturated rings. The zero-order valence-electron chi connectivity index (χ0n) is 12.1. The van der Waals surface area contributed by atoms with Crippen LogP contribution in [0.15, 0.2) is 18.3 Å². The molecule has 1 aromatic rings. The van der Waals surface area contributed by atoms with E-state index < -0.39 is 0 Å². The van der Waals surface area contributed by atoms with Crippen molar-refractivity contribution < 1.29 is 4.79 Å².